The van der Waals surface area contributed by atoms with Crippen molar-refractivity contribution in [3.8, 4) is 5.75 Å². The van der Waals surface area contributed by atoms with Gasteiger partial charge in [-0.3, -0.25) is 14.4 Å². The van der Waals surface area contributed by atoms with Gasteiger partial charge in [0.05, 0.1) is 6.10 Å². The zero-order valence-electron chi connectivity index (χ0n) is 20.4. The topological polar surface area (TPSA) is 88.2 Å². The van der Waals surface area contributed by atoms with Gasteiger partial charge in [-0.25, -0.2) is 0 Å². The van der Waals surface area contributed by atoms with Crippen molar-refractivity contribution < 1.29 is 23.9 Å². The molecule has 0 bridgehead atoms. The number of carbonyl (C=O) groups is 3. The zero-order valence-corrected chi connectivity index (χ0v) is 20.4. The van der Waals surface area contributed by atoms with Crippen LogP contribution in [0.3, 0.4) is 0 Å². The number of hydrogen-bond donors (Lipinski definition) is 1. The molecule has 1 unspecified atom stereocenters. The van der Waals surface area contributed by atoms with Gasteiger partial charge in [0.25, 0.3) is 5.91 Å². The molecular weight excluding hydrogens is 446 g/mol. The maximum absolute atomic E-state index is 13.0. The number of rotatable bonds is 9. The van der Waals surface area contributed by atoms with Crippen LogP contribution in [0.1, 0.15) is 36.8 Å². The summed E-state index contributed by atoms with van der Waals surface area (Å²) in [7, 11) is 0. The molecule has 186 valence electrons. The Balaban J connectivity index is 1.36. The highest BCUT2D eigenvalue weighted by atomic mass is 16.5. The Morgan fingerprint density at radius 3 is 2.63 bits per heavy atom. The van der Waals surface area contributed by atoms with E-state index in [1.807, 2.05) is 44.2 Å². The van der Waals surface area contributed by atoms with Crippen LogP contribution in [-0.2, 0) is 19.1 Å². The van der Waals surface area contributed by atoms with Gasteiger partial charge < -0.3 is 24.6 Å². The van der Waals surface area contributed by atoms with Gasteiger partial charge in [0, 0.05) is 37.5 Å². The second-order valence-electron chi connectivity index (χ2n) is 9.14. The Hall–Kier alpha value is -3.39. The molecule has 2 aliphatic heterocycles. The Morgan fingerprint density at radius 1 is 1.14 bits per heavy atom. The first-order valence-electron chi connectivity index (χ1n) is 12.2. The van der Waals surface area contributed by atoms with E-state index in [1.165, 1.54) is 4.90 Å². The molecule has 8 nitrogen and oxygen atoms in total. The van der Waals surface area contributed by atoms with Crippen LogP contribution in [0.4, 0.5) is 11.4 Å². The minimum atomic E-state index is -0.282. The second-order valence-corrected chi connectivity index (χ2v) is 9.14. The van der Waals surface area contributed by atoms with E-state index >= 15 is 0 Å². The molecule has 3 amide bonds. The summed E-state index contributed by atoms with van der Waals surface area (Å²) in [6.45, 7) is 5.42. The predicted octanol–water partition coefficient (Wildman–Crippen LogP) is 3.46. The van der Waals surface area contributed by atoms with Crippen LogP contribution in [0, 0.1) is 13.8 Å². The van der Waals surface area contributed by atoms with Crippen molar-refractivity contribution >= 4 is 29.1 Å². The van der Waals surface area contributed by atoms with Gasteiger partial charge >= 0.3 is 0 Å². The van der Waals surface area contributed by atoms with Crippen LogP contribution in [0.5, 0.6) is 5.75 Å². The maximum Gasteiger partial charge on any atom is 0.261 e. The van der Waals surface area contributed by atoms with Crippen LogP contribution < -0.4 is 15.0 Å². The lowest BCUT2D eigenvalue weighted by atomic mass is 10.1. The molecule has 8 heteroatoms. The fourth-order valence-electron chi connectivity index (χ4n) is 4.42. The van der Waals surface area contributed by atoms with Crippen molar-refractivity contribution in [2.45, 2.75) is 45.6 Å². The van der Waals surface area contributed by atoms with Crippen LogP contribution in [0.25, 0.3) is 0 Å². The van der Waals surface area contributed by atoms with E-state index in [4.69, 9.17) is 9.47 Å². The summed E-state index contributed by atoms with van der Waals surface area (Å²) in [6, 6.07) is 12.9. The lowest BCUT2D eigenvalue weighted by Crippen LogP contribution is -2.44. The van der Waals surface area contributed by atoms with Crippen LogP contribution in [0.2, 0.25) is 0 Å². The smallest absolute Gasteiger partial charge is 0.261 e. The summed E-state index contributed by atoms with van der Waals surface area (Å²) in [5, 5.41) is 2.92. The number of ether oxygens (including phenoxy) is 2. The van der Waals surface area contributed by atoms with Crippen LogP contribution >= 0.6 is 0 Å². The molecule has 0 radical (unpaired) electrons. The number of benzene rings is 2. The molecular formula is C27H33N3O5. The van der Waals surface area contributed by atoms with Crippen molar-refractivity contribution in [3.05, 3.63) is 53.6 Å². The molecule has 2 heterocycles. The molecule has 4 rings (SSSR count). The first kappa shape index (κ1) is 24.7. The number of carbonyl (C=O) groups excluding carboxylic acids is 3. The van der Waals surface area contributed by atoms with Gasteiger partial charge in [-0.1, -0.05) is 12.1 Å². The average Bonchev–Trinajstić information content (AvgIpc) is 3.52. The van der Waals surface area contributed by atoms with Gasteiger partial charge in [-0.2, -0.15) is 0 Å². The lowest BCUT2D eigenvalue weighted by molar-refractivity contribution is -0.138. The van der Waals surface area contributed by atoms with Gasteiger partial charge in [-0.05, 0) is 74.6 Å². The number of anilines is 2. The summed E-state index contributed by atoms with van der Waals surface area (Å²) in [5.41, 5.74) is 3.66. The number of nitrogens with one attached hydrogen (secondary N) is 1. The van der Waals surface area contributed by atoms with Crippen molar-refractivity contribution in [2.75, 3.05) is 43.1 Å². The third-order valence-electron chi connectivity index (χ3n) is 6.60. The molecule has 1 N–H and O–H groups in total. The van der Waals surface area contributed by atoms with E-state index in [2.05, 4.69) is 5.32 Å². The Bertz CT molecular complexity index is 1060. The maximum atomic E-state index is 13.0. The van der Waals surface area contributed by atoms with E-state index in [9.17, 15) is 14.4 Å². The first-order chi connectivity index (χ1) is 16.9. The number of aryl methyl sites for hydroxylation is 1. The summed E-state index contributed by atoms with van der Waals surface area (Å²) >= 11 is 0. The quantitative estimate of drug-likeness (QED) is 0.595. The van der Waals surface area contributed by atoms with Crippen LogP contribution in [0.15, 0.2) is 42.5 Å². The molecule has 35 heavy (non-hydrogen) atoms. The van der Waals surface area contributed by atoms with Gasteiger partial charge in [0.2, 0.25) is 11.8 Å². The largest absolute Gasteiger partial charge is 0.484 e. The summed E-state index contributed by atoms with van der Waals surface area (Å²) in [6.07, 6.45) is 3.17. The highest BCUT2D eigenvalue weighted by Crippen LogP contribution is 2.24. The second kappa shape index (κ2) is 11.4. The normalized spacial score (nSPS) is 17.5. The van der Waals surface area contributed by atoms with Gasteiger partial charge in [0.15, 0.2) is 6.61 Å². The molecule has 1 atom stereocenters. The van der Waals surface area contributed by atoms with Crippen molar-refractivity contribution in [3.63, 3.8) is 0 Å². The number of hydrogen-bond acceptors (Lipinski definition) is 5. The minimum absolute atomic E-state index is 0.0779. The van der Waals surface area contributed by atoms with Gasteiger partial charge in [-0.15, -0.1) is 0 Å². The number of amides is 3. The third kappa shape index (κ3) is 6.39. The molecule has 0 saturated carbocycles. The minimum Gasteiger partial charge on any atom is -0.484 e. The van der Waals surface area contributed by atoms with E-state index in [-0.39, 0.29) is 37.0 Å². The third-order valence-corrected chi connectivity index (χ3v) is 6.60. The summed E-state index contributed by atoms with van der Waals surface area (Å²) < 4.78 is 11.4. The zero-order chi connectivity index (χ0) is 24.8. The SMILES string of the molecule is Cc1cccc(NC(=O)CN(CC2CCCO2)C(=O)COc2ccc(N3CCCC3=O)cc2)c1C. The Kier molecular flexibility index (Phi) is 8.02. The molecule has 2 fully saturated rings. The first-order valence-corrected chi connectivity index (χ1v) is 12.2. The molecule has 0 aliphatic carbocycles. The highest BCUT2D eigenvalue weighted by Gasteiger charge is 2.25. The Labute approximate surface area is 206 Å². The van der Waals surface area contributed by atoms with Crippen molar-refractivity contribution in [1.82, 2.24) is 4.90 Å². The monoisotopic (exact) mass is 479 g/mol. The fraction of sp³-hybridized carbons (Fsp3) is 0.444. The number of nitrogens with zero attached hydrogens (tertiary/aromatic N) is 2. The Morgan fingerprint density at radius 2 is 1.94 bits per heavy atom. The van der Waals surface area contributed by atoms with Crippen LogP contribution in [-0.4, -0.2) is 61.6 Å². The lowest BCUT2D eigenvalue weighted by Gasteiger charge is -2.25. The van der Waals surface area contributed by atoms with E-state index in [0.29, 0.717) is 25.3 Å². The molecule has 2 saturated heterocycles. The van der Waals surface area contributed by atoms with Crippen molar-refractivity contribution in [1.29, 1.82) is 0 Å². The van der Waals surface area contributed by atoms with Gasteiger partial charge in [0.1, 0.15) is 12.3 Å². The average molecular weight is 480 g/mol. The van der Waals surface area contributed by atoms with E-state index < -0.39 is 0 Å². The molecule has 2 aromatic carbocycles. The predicted molar refractivity (Wildman–Crippen MR) is 134 cm³/mol. The fourth-order valence-corrected chi connectivity index (χ4v) is 4.42. The summed E-state index contributed by atoms with van der Waals surface area (Å²) in [5.74, 6) is 0.114. The van der Waals surface area contributed by atoms with Crippen molar-refractivity contribution in [2.24, 2.45) is 0 Å². The molecule has 2 aromatic rings. The molecule has 0 spiro atoms. The molecule has 2 aliphatic rings. The molecule has 0 aromatic heterocycles. The highest BCUT2D eigenvalue weighted by molar-refractivity contribution is 5.96. The van der Waals surface area contributed by atoms with E-state index in [0.717, 1.165) is 48.3 Å². The summed E-state index contributed by atoms with van der Waals surface area (Å²) in [4.78, 5) is 41.1. The standard InChI is InChI=1S/C27H33N3O5/c1-19-6-3-8-24(20(19)2)28-25(31)17-29(16-23-7-5-15-34-23)27(33)18-35-22-12-10-21(11-13-22)30-14-4-9-26(30)32/h3,6,8,10-13,23H,4-5,7,9,14-18H2,1-2H3,(H,28,31). The van der Waals surface area contributed by atoms with E-state index in [1.54, 1.807) is 17.0 Å².